The lowest BCUT2D eigenvalue weighted by atomic mass is 10.0. The van der Waals surface area contributed by atoms with Gasteiger partial charge in [-0.15, -0.1) is 0 Å². The molecule has 2 rings (SSSR count). The zero-order valence-electron chi connectivity index (χ0n) is 10.00. The Balaban J connectivity index is 2.22. The van der Waals surface area contributed by atoms with Gasteiger partial charge in [0.25, 0.3) is 0 Å². The Hall–Kier alpha value is -1.52. The summed E-state index contributed by atoms with van der Waals surface area (Å²) in [5.41, 5.74) is 1.82. The summed E-state index contributed by atoms with van der Waals surface area (Å²) >= 11 is 0. The fourth-order valence-corrected chi connectivity index (χ4v) is 2.31. The summed E-state index contributed by atoms with van der Waals surface area (Å²) in [7, 11) is 0. The van der Waals surface area contributed by atoms with E-state index in [1.165, 1.54) is 0 Å². The van der Waals surface area contributed by atoms with Crippen molar-refractivity contribution in [2.45, 2.75) is 32.0 Å². The lowest BCUT2D eigenvalue weighted by Gasteiger charge is -2.26. The van der Waals surface area contributed by atoms with Gasteiger partial charge in [-0.25, -0.2) is 0 Å². The molecule has 0 bridgehead atoms. The molecule has 1 aliphatic heterocycles. The normalized spacial score (nSPS) is 20.2. The van der Waals surface area contributed by atoms with Gasteiger partial charge >= 0.3 is 12.1 Å². The third kappa shape index (κ3) is 2.49. The van der Waals surface area contributed by atoms with Crippen molar-refractivity contribution in [1.29, 1.82) is 0 Å². The lowest BCUT2D eigenvalue weighted by Crippen LogP contribution is -2.40. The molecule has 1 aromatic rings. The fourth-order valence-electron chi connectivity index (χ4n) is 2.31. The van der Waals surface area contributed by atoms with E-state index in [0.717, 1.165) is 16.0 Å². The van der Waals surface area contributed by atoms with Crippen molar-refractivity contribution in [1.82, 2.24) is 4.90 Å². The molecule has 0 saturated carbocycles. The SMILES string of the molecule is Cc1ccc(C2CCCN2C(=O)C(F)(F)F)cc1. The van der Waals surface area contributed by atoms with Crippen molar-refractivity contribution in [3.8, 4) is 0 Å². The Labute approximate surface area is 103 Å². The Morgan fingerprint density at radius 1 is 1.28 bits per heavy atom. The molecule has 18 heavy (non-hydrogen) atoms. The summed E-state index contributed by atoms with van der Waals surface area (Å²) in [5, 5.41) is 0. The number of benzene rings is 1. The van der Waals surface area contributed by atoms with Crippen molar-refractivity contribution in [2.24, 2.45) is 0 Å². The minimum absolute atomic E-state index is 0.177. The van der Waals surface area contributed by atoms with Gasteiger partial charge in [-0.05, 0) is 25.3 Å². The number of halogens is 3. The van der Waals surface area contributed by atoms with Crippen LogP contribution in [0.4, 0.5) is 13.2 Å². The molecule has 1 aliphatic rings. The molecule has 0 spiro atoms. The Kier molecular flexibility index (Phi) is 3.32. The number of alkyl halides is 3. The highest BCUT2D eigenvalue weighted by Crippen LogP contribution is 2.35. The minimum Gasteiger partial charge on any atom is -0.328 e. The maximum atomic E-state index is 12.5. The summed E-state index contributed by atoms with van der Waals surface area (Å²) in [6.45, 7) is 2.09. The Bertz CT molecular complexity index is 439. The number of nitrogens with zero attached hydrogens (tertiary/aromatic N) is 1. The van der Waals surface area contributed by atoms with Crippen LogP contribution in [0.15, 0.2) is 24.3 Å². The highest BCUT2D eigenvalue weighted by molar-refractivity contribution is 5.82. The Morgan fingerprint density at radius 2 is 1.89 bits per heavy atom. The molecule has 1 atom stereocenters. The molecule has 98 valence electrons. The summed E-state index contributed by atoms with van der Waals surface area (Å²) in [6.07, 6.45) is -3.58. The number of hydrogen-bond acceptors (Lipinski definition) is 1. The van der Waals surface area contributed by atoms with Crippen LogP contribution in [0.3, 0.4) is 0 Å². The number of hydrogen-bond donors (Lipinski definition) is 0. The second-order valence-corrected chi connectivity index (χ2v) is 4.57. The second kappa shape index (κ2) is 4.63. The predicted molar refractivity (Wildman–Crippen MR) is 60.9 cm³/mol. The molecule has 1 fully saturated rings. The van der Waals surface area contributed by atoms with Gasteiger partial charge in [-0.2, -0.15) is 13.2 Å². The van der Waals surface area contributed by atoms with E-state index in [-0.39, 0.29) is 6.54 Å². The number of aryl methyl sites for hydroxylation is 1. The average Bonchev–Trinajstić information content (AvgIpc) is 2.76. The van der Waals surface area contributed by atoms with Crippen molar-refractivity contribution in [3.63, 3.8) is 0 Å². The molecule has 0 aromatic heterocycles. The first-order valence-corrected chi connectivity index (χ1v) is 5.84. The van der Waals surface area contributed by atoms with E-state index < -0.39 is 18.1 Å². The molecule has 1 heterocycles. The van der Waals surface area contributed by atoms with E-state index in [1.54, 1.807) is 12.1 Å². The van der Waals surface area contributed by atoms with Crippen LogP contribution in [-0.2, 0) is 4.79 Å². The van der Waals surface area contributed by atoms with Crippen molar-refractivity contribution < 1.29 is 18.0 Å². The summed E-state index contributed by atoms with van der Waals surface area (Å²) < 4.78 is 37.4. The van der Waals surface area contributed by atoms with Crippen LogP contribution in [0.5, 0.6) is 0 Å². The van der Waals surface area contributed by atoms with E-state index in [0.29, 0.717) is 12.8 Å². The molecule has 1 amide bonds. The lowest BCUT2D eigenvalue weighted by molar-refractivity contribution is -0.186. The van der Waals surface area contributed by atoms with E-state index in [9.17, 15) is 18.0 Å². The second-order valence-electron chi connectivity index (χ2n) is 4.57. The highest BCUT2D eigenvalue weighted by Gasteiger charge is 2.46. The van der Waals surface area contributed by atoms with Gasteiger partial charge < -0.3 is 4.90 Å². The van der Waals surface area contributed by atoms with Crippen molar-refractivity contribution >= 4 is 5.91 Å². The number of rotatable bonds is 1. The largest absolute Gasteiger partial charge is 0.471 e. The number of likely N-dealkylation sites (tertiary alicyclic amines) is 1. The van der Waals surface area contributed by atoms with Crippen LogP contribution < -0.4 is 0 Å². The van der Waals surface area contributed by atoms with Crippen LogP contribution in [0, 0.1) is 6.92 Å². The third-order valence-corrected chi connectivity index (χ3v) is 3.22. The van der Waals surface area contributed by atoms with Gasteiger partial charge in [-0.1, -0.05) is 29.8 Å². The average molecular weight is 257 g/mol. The summed E-state index contributed by atoms with van der Waals surface area (Å²) in [6, 6.07) is 6.84. The molecular weight excluding hydrogens is 243 g/mol. The summed E-state index contributed by atoms with van der Waals surface area (Å²) in [5.74, 6) is -1.73. The first kappa shape index (κ1) is 12.9. The molecular formula is C13H14F3NO. The third-order valence-electron chi connectivity index (χ3n) is 3.22. The first-order valence-electron chi connectivity index (χ1n) is 5.84. The van der Waals surface area contributed by atoms with Gasteiger partial charge in [0.1, 0.15) is 0 Å². The fraction of sp³-hybridized carbons (Fsp3) is 0.462. The smallest absolute Gasteiger partial charge is 0.328 e. The number of amides is 1. The zero-order valence-corrected chi connectivity index (χ0v) is 10.00. The van der Waals surface area contributed by atoms with Crippen LogP contribution in [0.1, 0.15) is 30.0 Å². The molecule has 0 N–H and O–H groups in total. The van der Waals surface area contributed by atoms with Crippen LogP contribution in [-0.4, -0.2) is 23.5 Å². The summed E-state index contributed by atoms with van der Waals surface area (Å²) in [4.78, 5) is 12.3. The molecule has 5 heteroatoms. The van der Waals surface area contributed by atoms with Crippen molar-refractivity contribution in [2.75, 3.05) is 6.54 Å². The highest BCUT2D eigenvalue weighted by atomic mass is 19.4. The molecule has 1 aromatic carbocycles. The van der Waals surface area contributed by atoms with Crippen LogP contribution in [0.25, 0.3) is 0 Å². The van der Waals surface area contributed by atoms with Crippen LogP contribution >= 0.6 is 0 Å². The van der Waals surface area contributed by atoms with Gasteiger partial charge in [0, 0.05) is 6.54 Å². The van der Waals surface area contributed by atoms with Crippen molar-refractivity contribution in [3.05, 3.63) is 35.4 Å². The molecule has 0 radical (unpaired) electrons. The van der Waals surface area contributed by atoms with E-state index in [2.05, 4.69) is 0 Å². The maximum absolute atomic E-state index is 12.5. The molecule has 1 saturated heterocycles. The minimum atomic E-state index is -4.78. The maximum Gasteiger partial charge on any atom is 0.471 e. The van der Waals surface area contributed by atoms with E-state index >= 15 is 0 Å². The molecule has 1 unspecified atom stereocenters. The number of carbonyl (C=O) groups is 1. The zero-order chi connectivity index (χ0) is 13.3. The van der Waals surface area contributed by atoms with Gasteiger partial charge in [0.2, 0.25) is 0 Å². The quantitative estimate of drug-likeness (QED) is 0.756. The monoisotopic (exact) mass is 257 g/mol. The van der Waals surface area contributed by atoms with E-state index in [1.807, 2.05) is 19.1 Å². The van der Waals surface area contributed by atoms with E-state index in [4.69, 9.17) is 0 Å². The first-order chi connectivity index (χ1) is 8.39. The van der Waals surface area contributed by atoms with Gasteiger partial charge in [0.15, 0.2) is 0 Å². The standard InChI is InChI=1S/C13H14F3NO/c1-9-4-6-10(7-5-9)11-3-2-8-17(11)12(18)13(14,15)16/h4-7,11H,2-3,8H2,1H3. The topological polar surface area (TPSA) is 20.3 Å². The predicted octanol–water partition coefficient (Wildman–Crippen LogP) is 3.22. The van der Waals surface area contributed by atoms with Crippen LogP contribution in [0.2, 0.25) is 0 Å². The molecule has 2 nitrogen and oxygen atoms in total. The molecule has 0 aliphatic carbocycles. The Morgan fingerprint density at radius 3 is 2.44 bits per heavy atom. The number of carbonyl (C=O) groups excluding carboxylic acids is 1. The van der Waals surface area contributed by atoms with Gasteiger partial charge in [-0.3, -0.25) is 4.79 Å². The van der Waals surface area contributed by atoms with Gasteiger partial charge in [0.05, 0.1) is 6.04 Å².